The number of ether oxygens (including phenoxy) is 2. The summed E-state index contributed by atoms with van der Waals surface area (Å²) in [4.78, 5) is 11.3. The number of halogens is 4. The minimum Gasteiger partial charge on any atom is -0.421 e. The van der Waals surface area contributed by atoms with Gasteiger partial charge in [-0.25, -0.2) is 9.18 Å². The van der Waals surface area contributed by atoms with Gasteiger partial charge in [0.05, 0.1) is 6.61 Å². The maximum atomic E-state index is 13.1. The summed E-state index contributed by atoms with van der Waals surface area (Å²) in [5, 5.41) is 0. The van der Waals surface area contributed by atoms with E-state index >= 15 is 0 Å². The number of epoxide rings is 1. The molecule has 1 fully saturated rings. The monoisotopic (exact) mass is 250 g/mol. The van der Waals surface area contributed by atoms with Crippen molar-refractivity contribution in [2.45, 2.75) is 11.8 Å². The van der Waals surface area contributed by atoms with Crippen molar-refractivity contribution in [3.05, 3.63) is 30.1 Å². The Morgan fingerprint density at radius 2 is 1.94 bits per heavy atom. The third-order valence-electron chi connectivity index (χ3n) is 2.26. The van der Waals surface area contributed by atoms with E-state index in [-0.39, 0.29) is 0 Å². The molecular weight excluding hydrogens is 244 g/mol. The lowest BCUT2D eigenvalue weighted by Crippen LogP contribution is -2.43. The minimum atomic E-state index is -4.87. The van der Waals surface area contributed by atoms with Gasteiger partial charge in [-0.15, -0.1) is 0 Å². The summed E-state index contributed by atoms with van der Waals surface area (Å²) in [6.45, 7) is -0.802. The van der Waals surface area contributed by atoms with Crippen LogP contribution in [0.2, 0.25) is 0 Å². The van der Waals surface area contributed by atoms with Gasteiger partial charge in [0.15, 0.2) is 11.6 Å². The number of hydrogen-bond acceptors (Lipinski definition) is 3. The minimum absolute atomic E-state index is 0.559. The molecule has 0 amide bonds. The smallest absolute Gasteiger partial charge is 0.421 e. The summed E-state index contributed by atoms with van der Waals surface area (Å²) in [5.74, 6) is -3.13. The maximum Gasteiger partial charge on any atom is 0.430 e. The van der Waals surface area contributed by atoms with E-state index in [1.165, 1.54) is 12.1 Å². The van der Waals surface area contributed by atoms with E-state index in [9.17, 15) is 22.4 Å². The van der Waals surface area contributed by atoms with Gasteiger partial charge in [-0.1, -0.05) is 12.1 Å². The normalized spacial score (nSPS) is 23.3. The summed E-state index contributed by atoms with van der Waals surface area (Å²) >= 11 is 0. The number of hydrogen-bond donors (Lipinski definition) is 0. The van der Waals surface area contributed by atoms with Gasteiger partial charge in [-0.05, 0) is 12.1 Å². The van der Waals surface area contributed by atoms with Crippen molar-refractivity contribution in [2.75, 3.05) is 6.61 Å². The molecule has 2 rings (SSSR count). The molecule has 1 saturated heterocycles. The summed E-state index contributed by atoms with van der Waals surface area (Å²) < 4.78 is 58.8. The predicted octanol–water partition coefficient (Wildman–Crippen LogP) is 2.06. The van der Waals surface area contributed by atoms with Crippen LogP contribution in [0.4, 0.5) is 17.6 Å². The van der Waals surface area contributed by atoms with E-state index in [0.29, 0.717) is 0 Å². The van der Waals surface area contributed by atoms with Crippen LogP contribution in [0, 0.1) is 5.82 Å². The van der Waals surface area contributed by atoms with Crippen LogP contribution in [-0.4, -0.2) is 24.4 Å². The summed E-state index contributed by atoms with van der Waals surface area (Å²) in [5.41, 5.74) is -2.94. The molecule has 0 bridgehead atoms. The fourth-order valence-corrected chi connectivity index (χ4v) is 1.18. The number of alkyl halides is 3. The Morgan fingerprint density at radius 1 is 1.35 bits per heavy atom. The first kappa shape index (κ1) is 11.8. The first-order valence-electron chi connectivity index (χ1n) is 4.54. The highest BCUT2D eigenvalue weighted by atomic mass is 19.4. The van der Waals surface area contributed by atoms with E-state index in [0.717, 1.165) is 12.1 Å². The summed E-state index contributed by atoms with van der Waals surface area (Å²) in [7, 11) is 0. The third kappa shape index (κ3) is 1.97. The highest BCUT2D eigenvalue weighted by molar-refractivity contribution is 5.85. The molecule has 1 atom stereocenters. The number of benzene rings is 1. The lowest BCUT2D eigenvalue weighted by Gasteiger charge is -2.14. The van der Waals surface area contributed by atoms with Crippen molar-refractivity contribution >= 4 is 5.97 Å². The number of carbonyl (C=O) groups is 1. The molecule has 0 radical (unpaired) electrons. The number of para-hydroxylation sites is 1. The second kappa shape index (κ2) is 3.69. The maximum absolute atomic E-state index is 13.1. The lowest BCUT2D eigenvalue weighted by molar-refractivity contribution is -0.198. The van der Waals surface area contributed by atoms with Crippen LogP contribution in [0.3, 0.4) is 0 Å². The fraction of sp³-hybridized carbons (Fsp3) is 0.300. The molecule has 0 unspecified atom stereocenters. The molecule has 92 valence electrons. The molecule has 0 aliphatic carbocycles. The highest BCUT2D eigenvalue weighted by Crippen LogP contribution is 2.44. The highest BCUT2D eigenvalue weighted by Gasteiger charge is 2.73. The molecule has 0 spiro atoms. The van der Waals surface area contributed by atoms with Crippen molar-refractivity contribution in [1.29, 1.82) is 0 Å². The van der Waals surface area contributed by atoms with Gasteiger partial charge in [-0.3, -0.25) is 0 Å². The zero-order valence-electron chi connectivity index (χ0n) is 8.25. The van der Waals surface area contributed by atoms with Gasteiger partial charge in [0, 0.05) is 0 Å². The molecule has 0 N–H and O–H groups in total. The number of carbonyl (C=O) groups excluding carboxylic acids is 1. The zero-order valence-corrected chi connectivity index (χ0v) is 8.25. The molecule has 7 heteroatoms. The molecule has 1 aromatic carbocycles. The first-order chi connectivity index (χ1) is 7.87. The summed E-state index contributed by atoms with van der Waals surface area (Å²) in [6, 6.07) is 4.68. The predicted molar refractivity (Wildman–Crippen MR) is 46.8 cm³/mol. The van der Waals surface area contributed by atoms with E-state index in [4.69, 9.17) is 0 Å². The Bertz CT molecular complexity index is 451. The van der Waals surface area contributed by atoms with Gasteiger partial charge >= 0.3 is 12.1 Å². The second-order valence-corrected chi connectivity index (χ2v) is 3.43. The quantitative estimate of drug-likeness (QED) is 0.349. The molecule has 0 aromatic heterocycles. The molecular formula is C10H6F4O3. The Labute approximate surface area is 92.9 Å². The molecule has 0 saturated carbocycles. The second-order valence-electron chi connectivity index (χ2n) is 3.43. The standard InChI is InChI=1S/C10H6F4O3/c11-6-3-1-2-4-7(6)17-8(15)9(5-16-9)10(12,13)14/h1-4H,5H2/t9-/m1/s1. The average Bonchev–Trinajstić information content (AvgIpc) is 3.01. The van der Waals surface area contributed by atoms with E-state index in [2.05, 4.69) is 9.47 Å². The van der Waals surface area contributed by atoms with Gasteiger partial charge in [0.2, 0.25) is 0 Å². The molecule has 1 aliphatic rings. The summed E-state index contributed by atoms with van der Waals surface area (Å²) in [6.07, 6.45) is -4.87. The van der Waals surface area contributed by atoms with Crippen molar-refractivity contribution in [3.8, 4) is 5.75 Å². The van der Waals surface area contributed by atoms with Crippen molar-refractivity contribution in [1.82, 2.24) is 0 Å². The van der Waals surface area contributed by atoms with E-state index in [1.807, 2.05) is 0 Å². The molecule has 1 aliphatic heterocycles. The molecule has 3 nitrogen and oxygen atoms in total. The average molecular weight is 250 g/mol. The van der Waals surface area contributed by atoms with Crippen LogP contribution in [0.1, 0.15) is 0 Å². The van der Waals surface area contributed by atoms with E-state index < -0.39 is 35.9 Å². The van der Waals surface area contributed by atoms with E-state index in [1.54, 1.807) is 0 Å². The van der Waals surface area contributed by atoms with Gasteiger partial charge < -0.3 is 9.47 Å². The molecule has 17 heavy (non-hydrogen) atoms. The van der Waals surface area contributed by atoms with Crippen LogP contribution in [0.25, 0.3) is 0 Å². The Hall–Kier alpha value is -1.63. The Balaban J connectivity index is 2.16. The van der Waals surface area contributed by atoms with Crippen molar-refractivity contribution in [3.63, 3.8) is 0 Å². The Kier molecular flexibility index (Phi) is 2.57. The molecule has 1 heterocycles. The van der Waals surface area contributed by atoms with Crippen LogP contribution >= 0.6 is 0 Å². The largest absolute Gasteiger partial charge is 0.430 e. The first-order valence-corrected chi connectivity index (χ1v) is 4.54. The van der Waals surface area contributed by atoms with Gasteiger partial charge in [0.1, 0.15) is 0 Å². The fourth-order valence-electron chi connectivity index (χ4n) is 1.18. The number of rotatable bonds is 2. The molecule has 1 aromatic rings. The number of esters is 1. The van der Waals surface area contributed by atoms with Crippen LogP contribution < -0.4 is 4.74 Å². The zero-order chi connectivity index (χ0) is 12.7. The SMILES string of the molecule is O=C(Oc1ccccc1F)[C@@]1(C(F)(F)F)CO1. The van der Waals surface area contributed by atoms with Crippen LogP contribution in [0.15, 0.2) is 24.3 Å². The van der Waals surface area contributed by atoms with Gasteiger partial charge in [0.25, 0.3) is 5.60 Å². The third-order valence-corrected chi connectivity index (χ3v) is 2.26. The van der Waals surface area contributed by atoms with Crippen LogP contribution in [0.5, 0.6) is 5.75 Å². The lowest BCUT2D eigenvalue weighted by atomic mass is 10.1. The van der Waals surface area contributed by atoms with Gasteiger partial charge in [-0.2, -0.15) is 13.2 Å². The Morgan fingerprint density at radius 3 is 2.41 bits per heavy atom. The van der Waals surface area contributed by atoms with Crippen molar-refractivity contribution in [2.24, 2.45) is 0 Å². The van der Waals surface area contributed by atoms with Crippen molar-refractivity contribution < 1.29 is 31.8 Å². The topological polar surface area (TPSA) is 38.8 Å². The van der Waals surface area contributed by atoms with Crippen LogP contribution in [-0.2, 0) is 9.53 Å².